The fraction of sp³-hybridized carbons (Fsp3) is 0.714. The summed E-state index contributed by atoms with van der Waals surface area (Å²) in [6, 6.07) is 0. The first-order valence-electron chi connectivity index (χ1n) is 4.26. The van der Waals surface area contributed by atoms with Crippen LogP contribution >= 0.6 is 11.8 Å². The highest BCUT2D eigenvalue weighted by Gasteiger charge is 2.09. The van der Waals surface area contributed by atoms with Gasteiger partial charge in [-0.15, -0.1) is 5.10 Å². The molecule has 3 N–H and O–H groups in total. The molecule has 0 amide bonds. The van der Waals surface area contributed by atoms with E-state index in [4.69, 9.17) is 10.2 Å². The molecule has 0 spiro atoms. The van der Waals surface area contributed by atoms with Gasteiger partial charge in [-0.2, -0.15) is 0 Å². The minimum atomic E-state index is -0.780. The zero-order valence-corrected chi connectivity index (χ0v) is 8.62. The third-order valence-electron chi connectivity index (χ3n) is 1.66. The Morgan fingerprint density at radius 3 is 3.00 bits per heavy atom. The van der Waals surface area contributed by atoms with Gasteiger partial charge in [-0.25, -0.2) is 9.89 Å². The zero-order chi connectivity index (χ0) is 10.6. The third kappa shape index (κ3) is 2.60. The molecule has 0 aliphatic rings. The van der Waals surface area contributed by atoms with Gasteiger partial charge in [0.2, 0.25) is 0 Å². The molecule has 1 unspecified atom stereocenters. The number of nitrogens with one attached hydrogen (secondary N) is 1. The molecule has 0 saturated heterocycles. The first-order chi connectivity index (χ1) is 6.69. The SMILES string of the molecule is CCn1c(SCC(O)CO)n[nH]c1=O. The summed E-state index contributed by atoms with van der Waals surface area (Å²) in [6.45, 7) is 2.09. The number of aromatic nitrogens is 3. The van der Waals surface area contributed by atoms with Crippen molar-refractivity contribution in [2.75, 3.05) is 12.4 Å². The summed E-state index contributed by atoms with van der Waals surface area (Å²) in [4.78, 5) is 11.1. The predicted molar refractivity (Wildman–Crippen MR) is 52.3 cm³/mol. The predicted octanol–water partition coefficient (Wildman–Crippen LogP) is -0.963. The Balaban J connectivity index is 2.62. The van der Waals surface area contributed by atoms with E-state index in [-0.39, 0.29) is 12.3 Å². The highest BCUT2D eigenvalue weighted by Crippen LogP contribution is 2.13. The molecular weight excluding hydrogens is 206 g/mol. The van der Waals surface area contributed by atoms with Crippen LogP contribution in [0.5, 0.6) is 0 Å². The van der Waals surface area contributed by atoms with Crippen LogP contribution in [-0.4, -0.2) is 43.4 Å². The second-order valence-corrected chi connectivity index (χ2v) is 3.69. The Labute approximate surface area is 85.0 Å². The van der Waals surface area contributed by atoms with Crippen LogP contribution in [0.2, 0.25) is 0 Å². The second-order valence-electron chi connectivity index (χ2n) is 2.70. The Kier molecular flexibility index (Phi) is 4.18. The molecule has 1 heterocycles. The molecule has 80 valence electrons. The van der Waals surface area contributed by atoms with Crippen LogP contribution in [0.25, 0.3) is 0 Å². The number of thioether (sulfide) groups is 1. The average molecular weight is 219 g/mol. The summed E-state index contributed by atoms with van der Waals surface area (Å²) in [5.74, 6) is 0.320. The topological polar surface area (TPSA) is 91.1 Å². The van der Waals surface area contributed by atoms with Gasteiger partial charge in [0.05, 0.1) is 12.7 Å². The van der Waals surface area contributed by atoms with Gasteiger partial charge < -0.3 is 10.2 Å². The van der Waals surface area contributed by atoms with Crippen LogP contribution < -0.4 is 5.69 Å². The number of hydrogen-bond donors (Lipinski definition) is 3. The van der Waals surface area contributed by atoms with Crippen LogP contribution in [0.4, 0.5) is 0 Å². The largest absolute Gasteiger partial charge is 0.394 e. The van der Waals surface area contributed by atoms with Crippen molar-refractivity contribution < 1.29 is 10.2 Å². The van der Waals surface area contributed by atoms with Gasteiger partial charge in [0.1, 0.15) is 0 Å². The lowest BCUT2D eigenvalue weighted by Gasteiger charge is -2.05. The average Bonchev–Trinajstić information content (AvgIpc) is 2.55. The molecule has 7 heteroatoms. The summed E-state index contributed by atoms with van der Waals surface area (Å²) in [6.07, 6.45) is -0.780. The van der Waals surface area contributed by atoms with Crippen molar-refractivity contribution >= 4 is 11.8 Å². The van der Waals surface area contributed by atoms with Crippen molar-refractivity contribution in [1.29, 1.82) is 0 Å². The minimum Gasteiger partial charge on any atom is -0.394 e. The van der Waals surface area contributed by atoms with Gasteiger partial charge in [-0.3, -0.25) is 4.57 Å². The van der Waals surface area contributed by atoms with E-state index in [1.54, 1.807) is 0 Å². The van der Waals surface area contributed by atoms with Crippen LogP contribution in [-0.2, 0) is 6.54 Å². The minimum absolute atomic E-state index is 0.256. The summed E-state index contributed by atoms with van der Waals surface area (Å²) in [7, 11) is 0. The van der Waals surface area contributed by atoms with E-state index in [1.807, 2.05) is 6.92 Å². The molecule has 14 heavy (non-hydrogen) atoms. The normalized spacial score (nSPS) is 13.1. The fourth-order valence-electron chi connectivity index (χ4n) is 0.916. The second kappa shape index (κ2) is 5.18. The number of hydrogen-bond acceptors (Lipinski definition) is 5. The lowest BCUT2D eigenvalue weighted by Crippen LogP contribution is -2.18. The van der Waals surface area contributed by atoms with Crippen molar-refractivity contribution in [3.63, 3.8) is 0 Å². The van der Waals surface area contributed by atoms with Crippen LogP contribution in [0, 0.1) is 0 Å². The molecule has 0 fully saturated rings. The van der Waals surface area contributed by atoms with E-state index < -0.39 is 6.10 Å². The van der Waals surface area contributed by atoms with Gasteiger partial charge in [0.15, 0.2) is 5.16 Å². The maximum atomic E-state index is 11.1. The van der Waals surface area contributed by atoms with Crippen molar-refractivity contribution in [3.05, 3.63) is 10.5 Å². The van der Waals surface area contributed by atoms with Gasteiger partial charge in [-0.05, 0) is 6.92 Å². The number of rotatable bonds is 5. The number of aromatic amines is 1. The molecule has 0 aliphatic carbocycles. The van der Waals surface area contributed by atoms with Crippen molar-refractivity contribution in [3.8, 4) is 0 Å². The molecule has 6 nitrogen and oxygen atoms in total. The maximum Gasteiger partial charge on any atom is 0.343 e. The van der Waals surface area contributed by atoms with E-state index in [1.165, 1.54) is 16.3 Å². The molecule has 1 rings (SSSR count). The first-order valence-corrected chi connectivity index (χ1v) is 5.24. The maximum absolute atomic E-state index is 11.1. The lowest BCUT2D eigenvalue weighted by molar-refractivity contribution is 0.113. The molecule has 0 radical (unpaired) electrons. The van der Waals surface area contributed by atoms with Crippen LogP contribution in [0.3, 0.4) is 0 Å². The van der Waals surface area contributed by atoms with E-state index >= 15 is 0 Å². The molecular formula is C7H13N3O3S. The summed E-state index contributed by atoms with van der Waals surface area (Å²) in [5.41, 5.74) is -0.256. The number of aliphatic hydroxyl groups is 2. The monoisotopic (exact) mass is 219 g/mol. The number of H-pyrrole nitrogens is 1. The Bertz CT molecular complexity index is 335. The van der Waals surface area contributed by atoms with Crippen molar-refractivity contribution in [2.24, 2.45) is 0 Å². The molecule has 0 bridgehead atoms. The standard InChI is InChI=1S/C7H13N3O3S/c1-2-10-6(13)8-9-7(10)14-4-5(12)3-11/h5,11-12H,2-4H2,1H3,(H,8,13). The fourth-order valence-corrected chi connectivity index (χ4v) is 1.84. The Hall–Kier alpha value is -0.790. The smallest absolute Gasteiger partial charge is 0.343 e. The lowest BCUT2D eigenvalue weighted by atomic mass is 10.4. The molecule has 1 aromatic rings. The van der Waals surface area contributed by atoms with Crippen LogP contribution in [0.1, 0.15) is 6.92 Å². The number of aliphatic hydroxyl groups excluding tert-OH is 2. The van der Waals surface area contributed by atoms with E-state index in [0.717, 1.165) is 0 Å². The van der Waals surface area contributed by atoms with Gasteiger partial charge in [0, 0.05) is 12.3 Å². The van der Waals surface area contributed by atoms with Crippen LogP contribution in [0.15, 0.2) is 9.95 Å². The first kappa shape index (κ1) is 11.3. The quantitative estimate of drug-likeness (QED) is 0.555. The third-order valence-corrected chi connectivity index (χ3v) is 2.78. The molecule has 1 aromatic heterocycles. The molecule has 0 aromatic carbocycles. The summed E-state index contributed by atoms with van der Waals surface area (Å²) < 4.78 is 1.47. The Morgan fingerprint density at radius 1 is 1.71 bits per heavy atom. The van der Waals surface area contributed by atoms with E-state index in [9.17, 15) is 4.79 Å². The summed E-state index contributed by atoms with van der Waals surface area (Å²) in [5, 5.41) is 24.3. The van der Waals surface area contributed by atoms with Crippen molar-refractivity contribution in [2.45, 2.75) is 24.7 Å². The summed E-state index contributed by atoms with van der Waals surface area (Å²) >= 11 is 1.24. The Morgan fingerprint density at radius 2 is 2.43 bits per heavy atom. The van der Waals surface area contributed by atoms with Crippen molar-refractivity contribution in [1.82, 2.24) is 14.8 Å². The molecule has 0 aliphatic heterocycles. The van der Waals surface area contributed by atoms with Gasteiger partial charge in [0.25, 0.3) is 0 Å². The highest BCUT2D eigenvalue weighted by atomic mass is 32.2. The zero-order valence-electron chi connectivity index (χ0n) is 7.80. The highest BCUT2D eigenvalue weighted by molar-refractivity contribution is 7.99. The van der Waals surface area contributed by atoms with Gasteiger partial charge in [-0.1, -0.05) is 11.8 Å². The number of nitrogens with zero attached hydrogens (tertiary/aromatic N) is 2. The van der Waals surface area contributed by atoms with E-state index in [0.29, 0.717) is 17.5 Å². The molecule has 0 saturated carbocycles. The molecule has 1 atom stereocenters. The van der Waals surface area contributed by atoms with E-state index in [2.05, 4.69) is 10.2 Å². The van der Waals surface area contributed by atoms with Gasteiger partial charge >= 0.3 is 5.69 Å².